The largest absolute Gasteiger partial charge is 0.326 e. The first kappa shape index (κ1) is 10.6. The number of carbonyl (C=O) groups excluding carboxylic acids is 1. The zero-order valence-corrected chi connectivity index (χ0v) is 8.81. The van der Waals surface area contributed by atoms with Crippen molar-refractivity contribution in [3.8, 4) is 0 Å². The van der Waals surface area contributed by atoms with Crippen molar-refractivity contribution < 1.29 is 4.79 Å². The highest BCUT2D eigenvalue weighted by Gasteiger charge is 2.07. The Labute approximate surface area is 94.7 Å². The number of hydrogen-bond acceptors (Lipinski definition) is 2. The Balaban J connectivity index is 2.28. The number of benzene rings is 2. The molecule has 0 fully saturated rings. The first-order valence-corrected chi connectivity index (χ1v) is 5.11. The third kappa shape index (κ3) is 2.18. The van der Waals surface area contributed by atoms with Gasteiger partial charge in [-0.15, -0.1) is 0 Å². The predicted molar refractivity (Wildman–Crippen MR) is 63.0 cm³/mol. The highest BCUT2D eigenvalue weighted by molar-refractivity contribution is 6.08. The van der Waals surface area contributed by atoms with Crippen LogP contribution in [0.1, 0.15) is 21.5 Å². The first-order chi connectivity index (χ1) is 7.81. The molecule has 0 atom stereocenters. The van der Waals surface area contributed by atoms with Crippen LogP contribution >= 0.6 is 0 Å². The van der Waals surface area contributed by atoms with E-state index in [2.05, 4.69) is 6.07 Å². The van der Waals surface area contributed by atoms with E-state index in [1.165, 1.54) is 0 Å². The second-order valence-electron chi connectivity index (χ2n) is 3.51. The molecule has 0 amide bonds. The van der Waals surface area contributed by atoms with Gasteiger partial charge in [0.2, 0.25) is 0 Å². The Hall–Kier alpha value is -1.93. The summed E-state index contributed by atoms with van der Waals surface area (Å²) in [7, 11) is 0. The molecule has 2 aromatic rings. The Morgan fingerprint density at radius 2 is 1.88 bits per heavy atom. The van der Waals surface area contributed by atoms with Crippen molar-refractivity contribution >= 4 is 5.78 Å². The lowest BCUT2D eigenvalue weighted by Crippen LogP contribution is -2.02. The minimum atomic E-state index is -0.0100. The van der Waals surface area contributed by atoms with Crippen LogP contribution in [0.15, 0.2) is 48.5 Å². The van der Waals surface area contributed by atoms with Crippen molar-refractivity contribution in [1.29, 1.82) is 0 Å². The lowest BCUT2D eigenvalue weighted by Gasteiger charge is -2.01. The molecule has 2 nitrogen and oxygen atoms in total. The smallest absolute Gasteiger partial charge is 0.193 e. The van der Waals surface area contributed by atoms with Gasteiger partial charge in [-0.1, -0.05) is 42.5 Å². The van der Waals surface area contributed by atoms with E-state index in [9.17, 15) is 4.79 Å². The molecule has 0 heterocycles. The van der Waals surface area contributed by atoms with E-state index in [0.29, 0.717) is 17.7 Å². The molecule has 0 aliphatic carbocycles. The lowest BCUT2D eigenvalue weighted by atomic mass is 10.0. The van der Waals surface area contributed by atoms with Crippen LogP contribution in [0.4, 0.5) is 0 Å². The summed E-state index contributed by atoms with van der Waals surface area (Å²) in [4.78, 5) is 12.0. The standard InChI is InChI=1S/C14H12NO/c15-10-11-6-8-13(9-7-11)14(16)12-4-2-1-3-5-12/h1-8H,10,15H2. The monoisotopic (exact) mass is 210 g/mol. The fraction of sp³-hybridized carbons (Fsp3) is 0.0714. The van der Waals surface area contributed by atoms with E-state index in [0.717, 1.165) is 5.56 Å². The number of nitrogens with two attached hydrogens (primary N) is 1. The molecular weight excluding hydrogens is 198 g/mol. The van der Waals surface area contributed by atoms with Crippen LogP contribution in [-0.2, 0) is 6.54 Å². The van der Waals surface area contributed by atoms with E-state index in [1.807, 2.05) is 24.3 Å². The third-order valence-corrected chi connectivity index (χ3v) is 2.39. The number of hydrogen-bond donors (Lipinski definition) is 1. The zero-order valence-electron chi connectivity index (χ0n) is 8.81. The van der Waals surface area contributed by atoms with E-state index < -0.39 is 0 Å². The fourth-order valence-electron chi connectivity index (χ4n) is 1.47. The Morgan fingerprint density at radius 1 is 1.12 bits per heavy atom. The predicted octanol–water partition coefficient (Wildman–Crippen LogP) is 2.18. The maximum atomic E-state index is 12.0. The van der Waals surface area contributed by atoms with Gasteiger partial charge in [0.15, 0.2) is 5.78 Å². The zero-order chi connectivity index (χ0) is 11.4. The van der Waals surface area contributed by atoms with E-state index in [4.69, 9.17) is 5.73 Å². The molecule has 16 heavy (non-hydrogen) atoms. The van der Waals surface area contributed by atoms with Gasteiger partial charge in [0.25, 0.3) is 0 Å². The Bertz CT molecular complexity index is 474. The van der Waals surface area contributed by atoms with Gasteiger partial charge in [-0.05, 0) is 17.7 Å². The van der Waals surface area contributed by atoms with Gasteiger partial charge < -0.3 is 5.73 Å². The number of ketones is 1. The molecule has 0 aromatic heterocycles. The van der Waals surface area contributed by atoms with Crippen LogP contribution in [0.5, 0.6) is 0 Å². The fourth-order valence-corrected chi connectivity index (χ4v) is 1.47. The van der Waals surface area contributed by atoms with Gasteiger partial charge in [-0.3, -0.25) is 4.79 Å². The summed E-state index contributed by atoms with van der Waals surface area (Å²) in [5.41, 5.74) is 7.71. The van der Waals surface area contributed by atoms with Gasteiger partial charge in [-0.2, -0.15) is 0 Å². The highest BCUT2D eigenvalue weighted by atomic mass is 16.1. The van der Waals surface area contributed by atoms with Crippen LogP contribution < -0.4 is 5.73 Å². The second kappa shape index (κ2) is 4.73. The number of rotatable bonds is 3. The lowest BCUT2D eigenvalue weighted by molar-refractivity contribution is 0.103. The first-order valence-electron chi connectivity index (χ1n) is 5.11. The van der Waals surface area contributed by atoms with Crippen molar-refractivity contribution in [2.75, 3.05) is 0 Å². The summed E-state index contributed by atoms with van der Waals surface area (Å²) in [6.45, 7) is 0.469. The molecule has 0 spiro atoms. The Morgan fingerprint density at radius 3 is 2.44 bits per heavy atom. The third-order valence-electron chi connectivity index (χ3n) is 2.39. The van der Waals surface area contributed by atoms with E-state index in [-0.39, 0.29) is 5.78 Å². The molecular formula is C14H12NO. The molecule has 0 aliphatic rings. The molecule has 79 valence electrons. The molecule has 0 aliphatic heterocycles. The molecule has 2 heteroatoms. The van der Waals surface area contributed by atoms with Gasteiger partial charge in [0.1, 0.15) is 0 Å². The summed E-state index contributed by atoms with van der Waals surface area (Å²) in [6.07, 6.45) is 0. The summed E-state index contributed by atoms with van der Waals surface area (Å²) in [5.74, 6) is -0.0100. The summed E-state index contributed by atoms with van der Waals surface area (Å²) < 4.78 is 0. The molecule has 1 radical (unpaired) electrons. The molecule has 0 unspecified atom stereocenters. The van der Waals surface area contributed by atoms with Crippen molar-refractivity contribution in [2.24, 2.45) is 5.73 Å². The average molecular weight is 210 g/mol. The van der Waals surface area contributed by atoms with Crippen LogP contribution in [-0.4, -0.2) is 5.78 Å². The van der Waals surface area contributed by atoms with Crippen molar-refractivity contribution in [1.82, 2.24) is 0 Å². The van der Waals surface area contributed by atoms with Crippen LogP contribution in [0.2, 0.25) is 0 Å². The average Bonchev–Trinajstić information content (AvgIpc) is 2.39. The molecule has 2 rings (SSSR count). The summed E-state index contributed by atoms with van der Waals surface area (Å²) in [6, 6.07) is 17.5. The van der Waals surface area contributed by atoms with E-state index >= 15 is 0 Å². The summed E-state index contributed by atoms with van der Waals surface area (Å²) >= 11 is 0. The molecule has 0 bridgehead atoms. The summed E-state index contributed by atoms with van der Waals surface area (Å²) in [5, 5.41) is 0. The van der Waals surface area contributed by atoms with Gasteiger partial charge in [-0.25, -0.2) is 0 Å². The van der Waals surface area contributed by atoms with Gasteiger partial charge >= 0.3 is 0 Å². The minimum absolute atomic E-state index is 0.0100. The topological polar surface area (TPSA) is 43.1 Å². The van der Waals surface area contributed by atoms with Crippen molar-refractivity contribution in [2.45, 2.75) is 6.54 Å². The van der Waals surface area contributed by atoms with Crippen LogP contribution in [0.3, 0.4) is 0 Å². The normalized spacial score (nSPS) is 10.1. The molecule has 0 saturated heterocycles. The van der Waals surface area contributed by atoms with Crippen LogP contribution in [0, 0.1) is 6.07 Å². The van der Waals surface area contributed by atoms with Gasteiger partial charge in [0.05, 0.1) is 0 Å². The highest BCUT2D eigenvalue weighted by Crippen LogP contribution is 2.10. The maximum Gasteiger partial charge on any atom is 0.193 e. The van der Waals surface area contributed by atoms with E-state index in [1.54, 1.807) is 24.3 Å². The minimum Gasteiger partial charge on any atom is -0.326 e. The van der Waals surface area contributed by atoms with Crippen LogP contribution in [0.25, 0.3) is 0 Å². The Kier molecular flexibility index (Phi) is 3.13. The molecule has 2 N–H and O–H groups in total. The second-order valence-corrected chi connectivity index (χ2v) is 3.51. The van der Waals surface area contributed by atoms with Crippen molar-refractivity contribution in [3.63, 3.8) is 0 Å². The molecule has 0 saturated carbocycles. The number of carbonyl (C=O) groups is 1. The maximum absolute atomic E-state index is 12.0. The van der Waals surface area contributed by atoms with Gasteiger partial charge in [0, 0.05) is 17.7 Å². The molecule has 2 aromatic carbocycles. The van der Waals surface area contributed by atoms with Crippen molar-refractivity contribution in [3.05, 3.63) is 71.3 Å². The SMILES string of the molecule is NCc1c[c]c(C(=O)c2ccccc2)cc1. The quantitative estimate of drug-likeness (QED) is 0.789.